The summed E-state index contributed by atoms with van der Waals surface area (Å²) in [5.41, 5.74) is -0.665. The van der Waals surface area contributed by atoms with E-state index in [4.69, 9.17) is 0 Å². The van der Waals surface area contributed by atoms with Crippen molar-refractivity contribution in [2.75, 3.05) is 13.1 Å². The molecule has 0 radical (unpaired) electrons. The Morgan fingerprint density at radius 1 is 1.50 bits per heavy atom. The van der Waals surface area contributed by atoms with Crippen LogP contribution in [0.15, 0.2) is 12.2 Å². The molecule has 1 heterocycles. The van der Waals surface area contributed by atoms with Crippen LogP contribution >= 0.6 is 0 Å². The van der Waals surface area contributed by atoms with Gasteiger partial charge in [-0.25, -0.2) is 0 Å². The first kappa shape index (κ1) is 9.71. The molecule has 78 valence electrons. The summed E-state index contributed by atoms with van der Waals surface area (Å²) in [5, 5.41) is 9.75. The van der Waals surface area contributed by atoms with Crippen molar-refractivity contribution < 1.29 is 9.90 Å². The average Bonchev–Trinajstić information content (AvgIpc) is 2.72. The first-order valence-electron chi connectivity index (χ1n) is 5.25. The van der Waals surface area contributed by atoms with Crippen LogP contribution in [0, 0.1) is 5.92 Å². The van der Waals surface area contributed by atoms with Crippen LogP contribution in [0.3, 0.4) is 0 Å². The summed E-state index contributed by atoms with van der Waals surface area (Å²) < 4.78 is 0. The maximum absolute atomic E-state index is 11.9. The van der Waals surface area contributed by atoms with Crippen molar-refractivity contribution in [2.45, 2.75) is 31.8 Å². The largest absolute Gasteiger partial charge is 0.388 e. The van der Waals surface area contributed by atoms with E-state index in [1.807, 2.05) is 0 Å². The molecule has 0 aromatic heterocycles. The van der Waals surface area contributed by atoms with Gasteiger partial charge in [0.05, 0.1) is 5.60 Å². The van der Waals surface area contributed by atoms with Gasteiger partial charge in [0.15, 0.2) is 0 Å². The molecule has 1 aliphatic carbocycles. The Morgan fingerprint density at radius 2 is 2.14 bits per heavy atom. The van der Waals surface area contributed by atoms with Crippen molar-refractivity contribution in [2.24, 2.45) is 5.92 Å². The number of rotatable bonds is 1. The number of amides is 1. The zero-order valence-corrected chi connectivity index (χ0v) is 8.57. The summed E-state index contributed by atoms with van der Waals surface area (Å²) in [7, 11) is 0. The number of hydrogen-bond acceptors (Lipinski definition) is 2. The average molecular weight is 195 g/mol. The molecule has 1 fully saturated rings. The van der Waals surface area contributed by atoms with Crippen LogP contribution in [0.1, 0.15) is 26.2 Å². The van der Waals surface area contributed by atoms with Gasteiger partial charge in [-0.1, -0.05) is 12.2 Å². The lowest BCUT2D eigenvalue weighted by Gasteiger charge is -2.21. The fraction of sp³-hybridized carbons (Fsp3) is 0.727. The molecule has 1 amide bonds. The summed E-state index contributed by atoms with van der Waals surface area (Å²) in [6.45, 7) is 3.01. The Bertz CT molecular complexity index is 262. The summed E-state index contributed by atoms with van der Waals surface area (Å²) >= 11 is 0. The lowest BCUT2D eigenvalue weighted by Crippen LogP contribution is -2.37. The van der Waals surface area contributed by atoms with Gasteiger partial charge in [-0.2, -0.15) is 0 Å². The third-order valence-corrected chi connectivity index (χ3v) is 3.12. The maximum Gasteiger partial charge on any atom is 0.226 e. The molecule has 0 saturated carbocycles. The summed E-state index contributed by atoms with van der Waals surface area (Å²) in [6.07, 6.45) is 6.58. The molecule has 2 aliphatic rings. The molecule has 0 bridgehead atoms. The van der Waals surface area contributed by atoms with E-state index in [2.05, 4.69) is 12.2 Å². The normalized spacial score (nSPS) is 32.9. The molecule has 1 unspecified atom stereocenters. The smallest absolute Gasteiger partial charge is 0.226 e. The predicted octanol–water partition coefficient (Wildman–Crippen LogP) is 0.936. The van der Waals surface area contributed by atoms with Gasteiger partial charge < -0.3 is 10.0 Å². The number of carbonyl (C=O) groups is 1. The van der Waals surface area contributed by atoms with Gasteiger partial charge in [0, 0.05) is 19.0 Å². The van der Waals surface area contributed by atoms with Gasteiger partial charge in [0.2, 0.25) is 5.91 Å². The van der Waals surface area contributed by atoms with Crippen molar-refractivity contribution in [3.8, 4) is 0 Å². The molecule has 2 rings (SSSR count). The molecule has 0 spiro atoms. The predicted molar refractivity (Wildman–Crippen MR) is 53.7 cm³/mol. The van der Waals surface area contributed by atoms with Crippen LogP contribution in [0.2, 0.25) is 0 Å². The minimum atomic E-state index is -0.665. The Balaban J connectivity index is 1.93. The Hall–Kier alpha value is -0.830. The first-order chi connectivity index (χ1) is 6.58. The monoisotopic (exact) mass is 195 g/mol. The second-order valence-electron chi connectivity index (χ2n) is 4.65. The second kappa shape index (κ2) is 3.39. The third-order valence-electron chi connectivity index (χ3n) is 3.12. The molecule has 1 saturated heterocycles. The number of nitrogens with zero attached hydrogens (tertiary/aromatic N) is 1. The molecule has 3 heteroatoms. The van der Waals surface area contributed by atoms with Gasteiger partial charge in [0.25, 0.3) is 0 Å². The molecule has 1 atom stereocenters. The van der Waals surface area contributed by atoms with E-state index in [9.17, 15) is 9.90 Å². The highest BCUT2D eigenvalue weighted by molar-refractivity contribution is 5.80. The van der Waals surface area contributed by atoms with Crippen LogP contribution in [0.25, 0.3) is 0 Å². The second-order valence-corrected chi connectivity index (χ2v) is 4.65. The molecule has 14 heavy (non-hydrogen) atoms. The number of carbonyl (C=O) groups excluding carboxylic acids is 1. The standard InChI is InChI=1S/C11H17NO2/c1-11(14)6-7-12(8-11)10(13)9-4-2-3-5-9/h2-3,9,14H,4-8H2,1H3. The number of allylic oxidation sites excluding steroid dienone is 2. The summed E-state index contributed by atoms with van der Waals surface area (Å²) in [4.78, 5) is 13.7. The van der Waals surface area contributed by atoms with E-state index in [0.717, 1.165) is 12.8 Å². The van der Waals surface area contributed by atoms with E-state index >= 15 is 0 Å². The Kier molecular flexibility index (Phi) is 2.35. The number of hydrogen-bond donors (Lipinski definition) is 1. The van der Waals surface area contributed by atoms with Gasteiger partial charge in [-0.15, -0.1) is 0 Å². The topological polar surface area (TPSA) is 40.5 Å². The van der Waals surface area contributed by atoms with E-state index in [1.54, 1.807) is 11.8 Å². The van der Waals surface area contributed by atoms with Gasteiger partial charge in [-0.3, -0.25) is 4.79 Å². The van der Waals surface area contributed by atoms with Crippen molar-refractivity contribution in [3.05, 3.63) is 12.2 Å². The molecule has 0 aromatic rings. The van der Waals surface area contributed by atoms with Crippen molar-refractivity contribution in [1.82, 2.24) is 4.90 Å². The lowest BCUT2D eigenvalue weighted by molar-refractivity contribution is -0.134. The molecule has 3 nitrogen and oxygen atoms in total. The fourth-order valence-electron chi connectivity index (χ4n) is 2.21. The highest BCUT2D eigenvalue weighted by Crippen LogP contribution is 2.26. The highest BCUT2D eigenvalue weighted by Gasteiger charge is 2.36. The van der Waals surface area contributed by atoms with Crippen LogP contribution < -0.4 is 0 Å². The lowest BCUT2D eigenvalue weighted by atomic mass is 10.1. The molecular formula is C11H17NO2. The Morgan fingerprint density at radius 3 is 2.64 bits per heavy atom. The van der Waals surface area contributed by atoms with E-state index in [-0.39, 0.29) is 11.8 Å². The first-order valence-corrected chi connectivity index (χ1v) is 5.25. The molecular weight excluding hydrogens is 178 g/mol. The summed E-state index contributed by atoms with van der Waals surface area (Å²) in [6, 6.07) is 0. The minimum Gasteiger partial charge on any atom is -0.388 e. The van der Waals surface area contributed by atoms with Gasteiger partial charge in [-0.05, 0) is 26.2 Å². The molecule has 1 N–H and O–H groups in total. The number of likely N-dealkylation sites (tertiary alicyclic amines) is 1. The minimum absolute atomic E-state index is 0.142. The summed E-state index contributed by atoms with van der Waals surface area (Å²) in [5.74, 6) is 0.358. The van der Waals surface area contributed by atoms with Crippen molar-refractivity contribution in [3.63, 3.8) is 0 Å². The quantitative estimate of drug-likeness (QED) is 0.632. The zero-order chi connectivity index (χ0) is 10.2. The highest BCUT2D eigenvalue weighted by atomic mass is 16.3. The third kappa shape index (κ3) is 1.82. The van der Waals surface area contributed by atoms with Gasteiger partial charge in [0.1, 0.15) is 0 Å². The maximum atomic E-state index is 11.9. The van der Waals surface area contributed by atoms with Crippen molar-refractivity contribution in [1.29, 1.82) is 0 Å². The van der Waals surface area contributed by atoms with Crippen LogP contribution in [-0.2, 0) is 4.79 Å². The molecule has 0 aromatic carbocycles. The van der Waals surface area contributed by atoms with E-state index < -0.39 is 5.60 Å². The molecule has 1 aliphatic heterocycles. The fourth-order valence-corrected chi connectivity index (χ4v) is 2.21. The SMILES string of the molecule is CC1(O)CCN(C(=O)C2CC=CC2)C1. The van der Waals surface area contributed by atoms with Crippen molar-refractivity contribution >= 4 is 5.91 Å². The Labute approximate surface area is 84.4 Å². The van der Waals surface area contributed by atoms with Crippen LogP contribution in [0.4, 0.5) is 0 Å². The van der Waals surface area contributed by atoms with E-state index in [0.29, 0.717) is 19.5 Å². The van der Waals surface area contributed by atoms with Gasteiger partial charge >= 0.3 is 0 Å². The zero-order valence-electron chi connectivity index (χ0n) is 8.57. The van der Waals surface area contributed by atoms with E-state index in [1.165, 1.54) is 0 Å². The number of β-amino-alcohol motifs (C(OH)–C–C–N with tert-alkyl or cyclic N) is 1. The van der Waals surface area contributed by atoms with Crippen LogP contribution in [0.5, 0.6) is 0 Å². The number of aliphatic hydroxyl groups is 1. The van der Waals surface area contributed by atoms with Crippen LogP contribution in [-0.4, -0.2) is 34.6 Å².